The van der Waals surface area contributed by atoms with Crippen LogP contribution in [0, 0.1) is 6.92 Å². The first-order chi connectivity index (χ1) is 13.7. The van der Waals surface area contributed by atoms with Crippen molar-refractivity contribution in [1.82, 2.24) is 30.1 Å². The molecule has 1 atom stereocenters. The summed E-state index contributed by atoms with van der Waals surface area (Å²) in [5.41, 5.74) is 1.73. The molecule has 0 radical (unpaired) electrons. The number of likely N-dealkylation sites (tertiary alicyclic amines) is 1. The van der Waals surface area contributed by atoms with Crippen LogP contribution in [-0.2, 0) is 6.54 Å². The van der Waals surface area contributed by atoms with E-state index >= 15 is 0 Å². The number of nitrogens with one attached hydrogen (secondary N) is 1. The van der Waals surface area contributed by atoms with Gasteiger partial charge in [0, 0.05) is 24.8 Å². The Kier molecular flexibility index (Phi) is 4.96. The fraction of sp³-hybridized carbons (Fsp3) is 0.368. The second-order valence-electron chi connectivity index (χ2n) is 6.65. The van der Waals surface area contributed by atoms with Crippen LogP contribution in [-0.4, -0.2) is 44.5 Å². The normalized spacial score (nSPS) is 16.4. The van der Waals surface area contributed by atoms with E-state index in [4.69, 9.17) is 9.26 Å². The van der Waals surface area contributed by atoms with Gasteiger partial charge in [-0.25, -0.2) is 9.48 Å². The molecule has 3 aromatic rings. The molecule has 1 N–H and O–H groups in total. The Morgan fingerprint density at radius 1 is 1.39 bits per heavy atom. The summed E-state index contributed by atoms with van der Waals surface area (Å²) in [7, 11) is 1.63. The van der Waals surface area contributed by atoms with Crippen molar-refractivity contribution in [3.05, 3.63) is 53.9 Å². The lowest BCUT2D eigenvalue weighted by Crippen LogP contribution is -2.39. The summed E-state index contributed by atoms with van der Waals surface area (Å²) in [5, 5.41) is 11.2. The Hall–Kier alpha value is -3.36. The van der Waals surface area contributed by atoms with E-state index in [-0.39, 0.29) is 12.1 Å². The average molecular weight is 382 g/mol. The second kappa shape index (κ2) is 7.71. The van der Waals surface area contributed by atoms with E-state index in [2.05, 4.69) is 20.6 Å². The number of aryl methyl sites for hydroxylation is 1. The van der Waals surface area contributed by atoms with Crippen LogP contribution in [0.15, 0.2) is 41.2 Å². The molecule has 146 valence electrons. The minimum atomic E-state index is -0.169. The van der Waals surface area contributed by atoms with E-state index < -0.39 is 0 Å². The van der Waals surface area contributed by atoms with Gasteiger partial charge >= 0.3 is 6.03 Å². The van der Waals surface area contributed by atoms with Crippen LogP contribution in [0.2, 0.25) is 0 Å². The molecule has 1 fully saturated rings. The van der Waals surface area contributed by atoms with E-state index in [1.807, 2.05) is 30.5 Å². The highest BCUT2D eigenvalue weighted by molar-refractivity contribution is 5.74. The number of methoxy groups -OCH3 is 1. The highest BCUT2D eigenvalue weighted by Crippen LogP contribution is 2.30. The number of para-hydroxylation sites is 2. The van der Waals surface area contributed by atoms with Crippen molar-refractivity contribution in [2.75, 3.05) is 13.7 Å². The first-order valence-electron chi connectivity index (χ1n) is 9.17. The van der Waals surface area contributed by atoms with Crippen molar-refractivity contribution in [1.29, 1.82) is 0 Å². The zero-order valence-corrected chi connectivity index (χ0v) is 15.8. The SMILES string of the molecule is COc1ccccc1-n1cc(CNC(=O)N2CCC[C@H]2c2nc(C)no2)cn1. The van der Waals surface area contributed by atoms with Crippen molar-refractivity contribution in [3.8, 4) is 11.4 Å². The van der Waals surface area contributed by atoms with E-state index in [0.29, 0.717) is 24.8 Å². The number of aromatic nitrogens is 4. The summed E-state index contributed by atoms with van der Waals surface area (Å²) >= 11 is 0. The Morgan fingerprint density at radius 3 is 3.04 bits per heavy atom. The number of urea groups is 1. The predicted molar refractivity (Wildman–Crippen MR) is 100 cm³/mol. The maximum absolute atomic E-state index is 12.7. The minimum absolute atomic E-state index is 0.150. The maximum Gasteiger partial charge on any atom is 0.318 e. The van der Waals surface area contributed by atoms with Gasteiger partial charge in [0.25, 0.3) is 0 Å². The van der Waals surface area contributed by atoms with E-state index in [0.717, 1.165) is 29.8 Å². The van der Waals surface area contributed by atoms with Gasteiger partial charge in [0.2, 0.25) is 5.89 Å². The summed E-state index contributed by atoms with van der Waals surface area (Å²) in [5.74, 6) is 1.80. The van der Waals surface area contributed by atoms with Crippen molar-refractivity contribution in [2.45, 2.75) is 32.4 Å². The number of hydrogen-bond acceptors (Lipinski definition) is 6. The smallest absolute Gasteiger partial charge is 0.318 e. The molecule has 2 amide bonds. The van der Waals surface area contributed by atoms with Crippen molar-refractivity contribution in [2.24, 2.45) is 0 Å². The van der Waals surface area contributed by atoms with Gasteiger partial charge in [-0.05, 0) is 31.9 Å². The van der Waals surface area contributed by atoms with Gasteiger partial charge in [-0.1, -0.05) is 17.3 Å². The third-order valence-electron chi connectivity index (χ3n) is 4.75. The summed E-state index contributed by atoms with van der Waals surface area (Å²) < 4.78 is 12.4. The molecule has 1 aromatic carbocycles. The van der Waals surface area contributed by atoms with E-state index in [1.165, 1.54) is 0 Å². The van der Waals surface area contributed by atoms with Gasteiger partial charge in [-0.3, -0.25) is 0 Å². The first kappa shape index (κ1) is 18.0. The van der Waals surface area contributed by atoms with Gasteiger partial charge in [0.1, 0.15) is 17.5 Å². The monoisotopic (exact) mass is 382 g/mol. The Bertz CT molecular complexity index is 966. The van der Waals surface area contributed by atoms with Gasteiger partial charge < -0.3 is 19.5 Å². The number of rotatable bonds is 5. The third kappa shape index (κ3) is 3.55. The van der Waals surface area contributed by atoms with Gasteiger partial charge in [-0.15, -0.1) is 0 Å². The minimum Gasteiger partial charge on any atom is -0.494 e. The van der Waals surface area contributed by atoms with Crippen LogP contribution in [0.1, 0.15) is 36.2 Å². The molecule has 1 saturated heterocycles. The standard InChI is InChI=1S/C19H22N6O3/c1-13-22-18(28-23-13)16-7-5-9-24(16)19(26)20-10-14-11-21-25(12-14)15-6-3-4-8-17(15)27-2/h3-4,6,8,11-12,16H,5,7,9-10H2,1-2H3,(H,20,26)/t16-/m0/s1. The highest BCUT2D eigenvalue weighted by atomic mass is 16.5. The van der Waals surface area contributed by atoms with Gasteiger partial charge in [0.15, 0.2) is 5.82 Å². The zero-order valence-electron chi connectivity index (χ0n) is 15.8. The summed E-state index contributed by atoms with van der Waals surface area (Å²) in [6.45, 7) is 2.81. The number of carbonyl (C=O) groups excluding carboxylic acids is 1. The van der Waals surface area contributed by atoms with Crippen LogP contribution in [0.4, 0.5) is 4.79 Å². The van der Waals surface area contributed by atoms with Gasteiger partial charge in [-0.2, -0.15) is 10.1 Å². The molecule has 9 nitrogen and oxygen atoms in total. The molecular formula is C19H22N6O3. The zero-order chi connectivity index (χ0) is 19.5. The van der Waals surface area contributed by atoms with Crippen molar-refractivity contribution >= 4 is 6.03 Å². The topological polar surface area (TPSA) is 98.3 Å². The molecule has 9 heteroatoms. The molecule has 0 saturated carbocycles. The molecule has 3 heterocycles. The van der Waals surface area contributed by atoms with Crippen molar-refractivity contribution < 1.29 is 14.1 Å². The molecule has 1 aliphatic heterocycles. The van der Waals surface area contributed by atoms with Crippen LogP contribution >= 0.6 is 0 Å². The van der Waals surface area contributed by atoms with Crippen LogP contribution in [0.3, 0.4) is 0 Å². The number of nitrogens with zero attached hydrogens (tertiary/aromatic N) is 5. The van der Waals surface area contributed by atoms with Crippen molar-refractivity contribution in [3.63, 3.8) is 0 Å². The summed E-state index contributed by atoms with van der Waals surface area (Å²) in [4.78, 5) is 18.7. The van der Waals surface area contributed by atoms with Gasteiger partial charge in [0.05, 0.1) is 13.3 Å². The van der Waals surface area contributed by atoms with Crippen LogP contribution in [0.5, 0.6) is 5.75 Å². The Balaban J connectivity index is 1.41. The highest BCUT2D eigenvalue weighted by Gasteiger charge is 2.33. The lowest BCUT2D eigenvalue weighted by atomic mass is 10.2. The summed E-state index contributed by atoms with van der Waals surface area (Å²) in [6.07, 6.45) is 5.34. The molecule has 0 unspecified atom stereocenters. The number of amides is 2. The Labute approximate surface area is 162 Å². The molecular weight excluding hydrogens is 360 g/mol. The largest absolute Gasteiger partial charge is 0.494 e. The summed E-state index contributed by atoms with van der Waals surface area (Å²) in [6, 6.07) is 7.32. The molecule has 28 heavy (non-hydrogen) atoms. The quantitative estimate of drug-likeness (QED) is 0.728. The van der Waals surface area contributed by atoms with Crippen LogP contribution in [0.25, 0.3) is 5.69 Å². The van der Waals surface area contributed by atoms with Crippen LogP contribution < -0.4 is 10.1 Å². The number of carbonyl (C=O) groups is 1. The molecule has 4 rings (SSSR count). The second-order valence-corrected chi connectivity index (χ2v) is 6.65. The lowest BCUT2D eigenvalue weighted by Gasteiger charge is -2.22. The molecule has 0 aliphatic carbocycles. The van der Waals surface area contributed by atoms with E-state index in [1.54, 1.807) is 29.8 Å². The third-order valence-corrected chi connectivity index (χ3v) is 4.75. The predicted octanol–water partition coefficient (Wildman–Crippen LogP) is 2.62. The fourth-order valence-corrected chi connectivity index (χ4v) is 3.40. The Morgan fingerprint density at radius 2 is 2.25 bits per heavy atom. The number of ether oxygens (including phenoxy) is 1. The molecule has 1 aliphatic rings. The number of hydrogen-bond donors (Lipinski definition) is 1. The molecule has 0 bridgehead atoms. The van der Waals surface area contributed by atoms with E-state index in [9.17, 15) is 4.79 Å². The maximum atomic E-state index is 12.7. The first-order valence-corrected chi connectivity index (χ1v) is 9.17. The molecule has 2 aromatic heterocycles. The fourth-order valence-electron chi connectivity index (χ4n) is 3.40. The average Bonchev–Trinajstić information content (AvgIpc) is 3.46. The molecule has 0 spiro atoms. The lowest BCUT2D eigenvalue weighted by molar-refractivity contribution is 0.180. The number of benzene rings is 1.